The molecule has 1 aromatic rings. The van der Waals surface area contributed by atoms with E-state index < -0.39 is 18.0 Å². The molecule has 0 aromatic carbocycles. The summed E-state index contributed by atoms with van der Waals surface area (Å²) < 4.78 is 20.2. The van der Waals surface area contributed by atoms with Gasteiger partial charge in [-0.05, 0) is 27.2 Å². The van der Waals surface area contributed by atoms with Crippen molar-refractivity contribution < 1.29 is 33.0 Å². The highest BCUT2D eigenvalue weighted by atomic mass is 16.6. The number of esters is 2. The number of hydrogen-bond donors (Lipinski definition) is 1. The quantitative estimate of drug-likeness (QED) is 0.439. The summed E-state index contributed by atoms with van der Waals surface area (Å²) in [6, 6.07) is 0. The van der Waals surface area contributed by atoms with Crippen molar-refractivity contribution in [3.63, 3.8) is 0 Å². The van der Waals surface area contributed by atoms with Crippen molar-refractivity contribution >= 4 is 23.9 Å². The second kappa shape index (κ2) is 9.59. The molecule has 0 saturated heterocycles. The molecule has 1 heterocycles. The average Bonchev–Trinajstić information content (AvgIpc) is 2.84. The van der Waals surface area contributed by atoms with Gasteiger partial charge in [0.15, 0.2) is 0 Å². The van der Waals surface area contributed by atoms with Crippen LogP contribution in [0, 0.1) is 6.92 Å². The Morgan fingerprint density at radius 3 is 2.08 bits per heavy atom. The molecule has 8 heteroatoms. The molecule has 1 aromatic heterocycles. The zero-order valence-corrected chi connectivity index (χ0v) is 14.4. The molecular formula is C16H23NO7. The number of hydrogen-bond acceptors (Lipinski definition) is 7. The number of carbonyl (C=O) groups is 3. The molecule has 8 nitrogen and oxygen atoms in total. The smallest absolute Gasteiger partial charge is 0.413 e. The van der Waals surface area contributed by atoms with Gasteiger partial charge in [0, 0.05) is 0 Å². The van der Waals surface area contributed by atoms with E-state index in [0.29, 0.717) is 6.42 Å². The fourth-order valence-corrected chi connectivity index (χ4v) is 1.92. The molecule has 1 N–H and O–H groups in total. The zero-order chi connectivity index (χ0) is 18.1. The molecule has 0 aliphatic carbocycles. The first kappa shape index (κ1) is 19.5. The highest BCUT2D eigenvalue weighted by Crippen LogP contribution is 2.29. The van der Waals surface area contributed by atoms with Gasteiger partial charge >= 0.3 is 18.0 Å². The molecule has 0 radical (unpaired) electrons. The minimum Gasteiger partial charge on any atom is -0.462 e. The van der Waals surface area contributed by atoms with Gasteiger partial charge in [-0.2, -0.15) is 0 Å². The molecule has 1 amide bonds. The van der Waals surface area contributed by atoms with Gasteiger partial charge in [-0.25, -0.2) is 14.4 Å². The number of furan rings is 1. The molecule has 0 unspecified atom stereocenters. The van der Waals surface area contributed by atoms with Crippen LogP contribution in [0.4, 0.5) is 10.7 Å². The van der Waals surface area contributed by atoms with Crippen LogP contribution in [0.15, 0.2) is 4.42 Å². The monoisotopic (exact) mass is 341 g/mol. The third-order valence-corrected chi connectivity index (χ3v) is 2.99. The van der Waals surface area contributed by atoms with E-state index in [0.717, 1.165) is 6.42 Å². The van der Waals surface area contributed by atoms with Crippen LogP contribution in [0.3, 0.4) is 0 Å². The average molecular weight is 341 g/mol. The molecule has 0 fully saturated rings. The number of unbranched alkanes of at least 4 members (excludes halogenated alkanes) is 1. The van der Waals surface area contributed by atoms with Crippen LogP contribution in [-0.4, -0.2) is 37.9 Å². The van der Waals surface area contributed by atoms with Gasteiger partial charge in [-0.1, -0.05) is 13.3 Å². The summed E-state index contributed by atoms with van der Waals surface area (Å²) in [5.74, 6) is -1.58. The van der Waals surface area contributed by atoms with Crippen LogP contribution in [0.2, 0.25) is 0 Å². The molecule has 0 bridgehead atoms. The Morgan fingerprint density at radius 1 is 0.958 bits per heavy atom. The summed E-state index contributed by atoms with van der Waals surface area (Å²) in [5, 5.41) is 2.33. The second-order valence-electron chi connectivity index (χ2n) is 4.79. The number of ether oxygens (including phenoxy) is 3. The van der Waals surface area contributed by atoms with E-state index in [-0.39, 0.29) is 42.6 Å². The maximum atomic E-state index is 12.2. The molecule has 24 heavy (non-hydrogen) atoms. The molecule has 0 atom stereocenters. The predicted molar refractivity (Wildman–Crippen MR) is 85.2 cm³/mol. The van der Waals surface area contributed by atoms with E-state index in [1.165, 1.54) is 6.92 Å². The summed E-state index contributed by atoms with van der Waals surface area (Å²) in [7, 11) is 0. The minimum atomic E-state index is -0.790. The lowest BCUT2D eigenvalue weighted by Crippen LogP contribution is -2.18. The Bertz CT molecular complexity index is 591. The summed E-state index contributed by atoms with van der Waals surface area (Å²) in [6.07, 6.45) is 0.802. The van der Waals surface area contributed by atoms with Crippen LogP contribution in [0.1, 0.15) is 60.1 Å². The van der Waals surface area contributed by atoms with Crippen molar-refractivity contribution in [2.75, 3.05) is 25.1 Å². The van der Waals surface area contributed by atoms with Gasteiger partial charge in [0.1, 0.15) is 16.9 Å². The predicted octanol–water partition coefficient (Wildman–Crippen LogP) is 3.29. The van der Waals surface area contributed by atoms with Crippen molar-refractivity contribution in [2.45, 2.75) is 40.5 Å². The normalized spacial score (nSPS) is 10.2. The van der Waals surface area contributed by atoms with Gasteiger partial charge in [0.25, 0.3) is 0 Å². The summed E-state index contributed by atoms with van der Waals surface area (Å²) in [5.41, 5.74) is -0.251. The van der Waals surface area contributed by atoms with E-state index in [2.05, 4.69) is 5.32 Å². The van der Waals surface area contributed by atoms with Gasteiger partial charge in [0.05, 0.1) is 19.8 Å². The Balaban J connectivity index is 3.10. The molecular weight excluding hydrogens is 318 g/mol. The summed E-state index contributed by atoms with van der Waals surface area (Å²) in [6.45, 7) is 7.19. The van der Waals surface area contributed by atoms with Crippen molar-refractivity contribution in [3.8, 4) is 0 Å². The van der Waals surface area contributed by atoms with Crippen LogP contribution in [-0.2, 0) is 14.2 Å². The molecule has 0 aliphatic rings. The van der Waals surface area contributed by atoms with E-state index in [1.807, 2.05) is 6.92 Å². The standard InChI is InChI=1S/C16H23NO7/c1-5-8-9-23-16(20)17-13-12(15(19)22-7-3)11(10(4)24-13)14(18)21-6-2/h5-9H2,1-4H3,(H,17,20). The Kier molecular flexibility index (Phi) is 7.81. The Morgan fingerprint density at radius 2 is 1.54 bits per heavy atom. The van der Waals surface area contributed by atoms with Crippen molar-refractivity contribution in [2.24, 2.45) is 0 Å². The molecule has 1 rings (SSSR count). The maximum Gasteiger partial charge on any atom is 0.413 e. The molecule has 0 saturated carbocycles. The summed E-state index contributed by atoms with van der Waals surface area (Å²) >= 11 is 0. The topological polar surface area (TPSA) is 104 Å². The third kappa shape index (κ3) is 5.00. The van der Waals surface area contributed by atoms with Gasteiger partial charge in [-0.15, -0.1) is 0 Å². The van der Waals surface area contributed by atoms with Gasteiger partial charge in [0.2, 0.25) is 5.88 Å². The van der Waals surface area contributed by atoms with E-state index in [4.69, 9.17) is 18.6 Å². The van der Waals surface area contributed by atoms with E-state index in [9.17, 15) is 14.4 Å². The second-order valence-corrected chi connectivity index (χ2v) is 4.79. The lowest BCUT2D eigenvalue weighted by Gasteiger charge is -2.07. The Labute approximate surface area is 140 Å². The largest absolute Gasteiger partial charge is 0.462 e. The van der Waals surface area contributed by atoms with E-state index in [1.54, 1.807) is 13.8 Å². The first-order valence-corrected chi connectivity index (χ1v) is 7.87. The van der Waals surface area contributed by atoms with E-state index >= 15 is 0 Å². The first-order chi connectivity index (χ1) is 11.5. The first-order valence-electron chi connectivity index (χ1n) is 7.87. The summed E-state index contributed by atoms with van der Waals surface area (Å²) in [4.78, 5) is 36.0. The number of carbonyl (C=O) groups excluding carboxylic acids is 3. The number of anilines is 1. The van der Waals surface area contributed by atoms with Crippen molar-refractivity contribution in [1.29, 1.82) is 0 Å². The van der Waals surface area contributed by atoms with Crippen LogP contribution in [0.25, 0.3) is 0 Å². The van der Waals surface area contributed by atoms with Crippen LogP contribution >= 0.6 is 0 Å². The SMILES string of the molecule is CCCCOC(=O)Nc1oc(C)c(C(=O)OCC)c1C(=O)OCC. The number of amides is 1. The van der Waals surface area contributed by atoms with Crippen LogP contribution < -0.4 is 5.32 Å². The maximum absolute atomic E-state index is 12.2. The highest BCUT2D eigenvalue weighted by Gasteiger charge is 2.31. The lowest BCUT2D eigenvalue weighted by molar-refractivity contribution is 0.0480. The minimum absolute atomic E-state index is 0.0702. The molecule has 134 valence electrons. The van der Waals surface area contributed by atoms with Crippen molar-refractivity contribution in [3.05, 3.63) is 16.9 Å². The Hall–Kier alpha value is -2.51. The number of rotatable bonds is 8. The zero-order valence-electron chi connectivity index (χ0n) is 14.4. The fourth-order valence-electron chi connectivity index (χ4n) is 1.92. The number of aryl methyl sites for hydroxylation is 1. The molecule has 0 spiro atoms. The van der Waals surface area contributed by atoms with Crippen molar-refractivity contribution in [1.82, 2.24) is 0 Å². The van der Waals surface area contributed by atoms with Gasteiger partial charge in [-0.3, -0.25) is 5.32 Å². The number of nitrogens with one attached hydrogen (secondary N) is 1. The van der Waals surface area contributed by atoms with Gasteiger partial charge < -0.3 is 18.6 Å². The fraction of sp³-hybridized carbons (Fsp3) is 0.562. The van der Waals surface area contributed by atoms with Crippen LogP contribution in [0.5, 0.6) is 0 Å². The third-order valence-electron chi connectivity index (χ3n) is 2.99. The lowest BCUT2D eigenvalue weighted by atomic mass is 10.1. The molecule has 0 aliphatic heterocycles. The highest BCUT2D eigenvalue weighted by molar-refractivity contribution is 6.08.